The lowest BCUT2D eigenvalue weighted by Gasteiger charge is -2.58. The highest BCUT2D eigenvalue weighted by atomic mass is 32.2. The second kappa shape index (κ2) is 24.8. The smallest absolute Gasteiger partial charge is 0.392 e. The van der Waals surface area contributed by atoms with Crippen LogP contribution in [0.5, 0.6) is 0 Å². The predicted molar refractivity (Wildman–Crippen MR) is 281 cm³/mol. The molecule has 2 aromatic heterocycles. The molecule has 16 atom stereocenters. The summed E-state index contributed by atoms with van der Waals surface area (Å²) in [5.74, 6) is 1.34. The van der Waals surface area contributed by atoms with Crippen LogP contribution < -0.4 is 16.4 Å². The van der Waals surface area contributed by atoms with Gasteiger partial charge >= 0.3 is 23.5 Å². The Morgan fingerprint density at radius 2 is 1.67 bits per heavy atom. The Balaban J connectivity index is 0.772. The molecule has 30 heteroatoms. The summed E-state index contributed by atoms with van der Waals surface area (Å²) in [6.07, 6.45) is 4.04. The molecule has 0 bridgehead atoms. The maximum Gasteiger partial charge on any atom is 0.481 e. The first-order valence-corrected chi connectivity index (χ1v) is 31.8. The van der Waals surface area contributed by atoms with Crippen LogP contribution >= 0.6 is 35.2 Å². The van der Waals surface area contributed by atoms with Crippen LogP contribution in [0, 0.1) is 51.8 Å². The summed E-state index contributed by atoms with van der Waals surface area (Å²) in [5.41, 5.74) is 6.02. The minimum atomic E-state index is -5.60. The van der Waals surface area contributed by atoms with Crippen LogP contribution in [-0.2, 0) is 55.5 Å². The molecule has 2 amide bonds. The number of hydrogen-bond acceptors (Lipinski definition) is 20. The van der Waals surface area contributed by atoms with Crippen molar-refractivity contribution >= 4 is 74.9 Å². The third-order valence-electron chi connectivity index (χ3n) is 17.3. The lowest BCUT2D eigenvalue weighted by atomic mass is 9.46. The van der Waals surface area contributed by atoms with Gasteiger partial charge in [0.25, 0.3) is 0 Å². The monoisotopic (exact) mass is 1180 g/mol. The molecule has 0 aromatic carbocycles. The Morgan fingerprint density at radius 1 is 0.949 bits per heavy atom. The largest absolute Gasteiger partial charge is 0.481 e. The predicted octanol–water partition coefficient (Wildman–Crippen LogP) is 4.23. The lowest BCUT2D eigenvalue weighted by molar-refractivity contribution is -0.137. The van der Waals surface area contributed by atoms with Crippen molar-refractivity contribution in [3.63, 3.8) is 0 Å². The van der Waals surface area contributed by atoms with Crippen LogP contribution in [0.3, 0.4) is 0 Å². The molecule has 2 aromatic rings. The van der Waals surface area contributed by atoms with Gasteiger partial charge in [0, 0.05) is 37.1 Å². The van der Waals surface area contributed by atoms with Gasteiger partial charge < -0.3 is 56.0 Å². The first-order valence-electron chi connectivity index (χ1n) is 26.3. The Labute approximate surface area is 456 Å². The van der Waals surface area contributed by atoms with E-state index >= 15 is 0 Å². The first-order chi connectivity index (χ1) is 36.4. The number of nitrogens with zero attached hydrogens (tertiary/aromatic N) is 4. The molecule has 0 spiro atoms. The van der Waals surface area contributed by atoms with E-state index in [-0.39, 0.29) is 64.0 Å². The molecule has 5 aliphatic rings. The number of ketones is 1. The molecule has 11 N–H and O–H groups in total. The van der Waals surface area contributed by atoms with E-state index in [1.165, 1.54) is 45.1 Å². The van der Waals surface area contributed by atoms with Crippen molar-refractivity contribution in [3.8, 4) is 0 Å². The summed E-state index contributed by atoms with van der Waals surface area (Å²) >= 11 is 1.02. The minimum Gasteiger partial charge on any atom is -0.392 e. The van der Waals surface area contributed by atoms with E-state index < -0.39 is 96.6 Å². The van der Waals surface area contributed by atoms with Crippen LogP contribution in [0.1, 0.15) is 118 Å². The van der Waals surface area contributed by atoms with Crippen LogP contribution in [0.2, 0.25) is 0 Å². The maximum absolute atomic E-state index is 13.1. The van der Waals surface area contributed by atoms with E-state index in [0.717, 1.165) is 54.7 Å². The Hall–Kier alpha value is -3.07. The van der Waals surface area contributed by atoms with Gasteiger partial charge in [-0.3, -0.25) is 37.3 Å². The number of ether oxygens (including phenoxy) is 1. The number of thioether (sulfide) groups is 1. The fraction of sp³-hybridized carbons (Fsp3) is 0.771. The summed E-state index contributed by atoms with van der Waals surface area (Å²) in [4.78, 5) is 102. The summed E-state index contributed by atoms with van der Waals surface area (Å²) < 4.78 is 62.8. The molecule has 0 radical (unpaired) electrons. The molecular formula is C48H76N7O19P3S. The van der Waals surface area contributed by atoms with Gasteiger partial charge in [0.1, 0.15) is 36.3 Å². The molecular weight excluding hydrogens is 1100 g/mol. The second-order valence-corrected chi connectivity index (χ2v) is 28.2. The molecule has 78 heavy (non-hydrogen) atoms. The molecule has 3 heterocycles. The molecule has 3 saturated carbocycles. The molecule has 1 saturated heterocycles. The number of amides is 2. The number of nitrogen functional groups attached to an aromatic ring is 1. The molecule has 1 aliphatic heterocycles. The molecule has 4 fully saturated rings. The minimum absolute atomic E-state index is 0.0255. The third-order valence-corrected chi connectivity index (χ3v) is 21.5. The van der Waals surface area contributed by atoms with E-state index in [0.29, 0.717) is 42.4 Å². The zero-order valence-electron chi connectivity index (χ0n) is 44.6. The van der Waals surface area contributed by atoms with Crippen molar-refractivity contribution in [2.75, 3.05) is 37.8 Å². The number of fused-ring (bicyclic) bond motifs is 6. The number of anilines is 1. The van der Waals surface area contributed by atoms with E-state index in [1.54, 1.807) is 6.92 Å². The van der Waals surface area contributed by atoms with Gasteiger partial charge in [-0.2, -0.15) is 4.31 Å². The number of aliphatic hydroxyl groups is 3. The van der Waals surface area contributed by atoms with Crippen LogP contribution in [0.4, 0.5) is 5.82 Å². The van der Waals surface area contributed by atoms with Gasteiger partial charge in [0.2, 0.25) is 11.8 Å². The standard InChI is InChI=1S/C48H76N7O19P3S/c1-26(31-10-11-32-30-9-8-28-21-29(56)13-16-47(28,5)33(30)14-17-48(31,32)6)7-12-34(57)27(2)45(62)78-20-19-50-36(58)15-18-51-43(61)40(60)46(3,4)23-71-77(68,69)74-76(66,67)70-22-35-39(73-75(63,64)65)38(59)44(72-35)55-25-54-37-41(49)52-24-53-42(37)55/h21,24-27,30-35,38-40,44,57,59-60H,7-20,22-23H2,1-6H3,(H,50,58)(H,51,61)(H,66,67)(H,68,69)(H2,49,52,53)(H2,63,64,65). The van der Waals surface area contributed by atoms with Gasteiger partial charge in [-0.1, -0.05) is 58.9 Å². The first kappa shape index (κ1) is 62.5. The van der Waals surface area contributed by atoms with E-state index in [2.05, 4.69) is 55.2 Å². The normalized spacial score (nSPS) is 31.4. The number of rotatable bonds is 25. The van der Waals surface area contributed by atoms with Crippen molar-refractivity contribution < 1.29 is 90.4 Å². The molecule has 16 unspecified atom stereocenters. The molecule has 26 nitrogen and oxygen atoms in total. The molecule has 4 aliphatic carbocycles. The van der Waals surface area contributed by atoms with Crippen molar-refractivity contribution in [2.45, 2.75) is 149 Å². The van der Waals surface area contributed by atoms with E-state index in [4.69, 9.17) is 19.5 Å². The highest BCUT2D eigenvalue weighted by Gasteiger charge is 2.59. The SMILES string of the molecule is CC(CCC(O)C(C)C(=O)SCCNC(=O)CCNC(=O)C(O)C(C)(C)COP(=O)(O)OP(=O)(O)OCC1OC(n2cnc3c(N)ncnc32)C(O)C1OP(=O)(O)O)C1CCC2C3CCC4=CC(=O)CCC4(C)C3CCC12C. The number of phosphoric ester groups is 3. The number of aromatic nitrogens is 4. The Bertz CT molecular complexity index is 2710. The van der Waals surface area contributed by atoms with Gasteiger partial charge in [0.05, 0.1) is 31.6 Å². The average Bonchev–Trinajstić information content (AvgIpc) is 4.17. The van der Waals surface area contributed by atoms with Crippen molar-refractivity contribution in [2.24, 2.45) is 51.8 Å². The van der Waals surface area contributed by atoms with Crippen LogP contribution in [0.25, 0.3) is 11.2 Å². The summed E-state index contributed by atoms with van der Waals surface area (Å²) in [6, 6.07) is 0. The molecule has 7 rings (SSSR count). The number of nitrogens with two attached hydrogens (primary N) is 1. The Kier molecular flexibility index (Phi) is 19.9. The lowest BCUT2D eigenvalue weighted by Crippen LogP contribution is -2.51. The quantitative estimate of drug-likeness (QED) is 0.0491. The topological polar surface area (TPSA) is 401 Å². The van der Waals surface area contributed by atoms with Crippen LogP contribution in [0.15, 0.2) is 24.3 Å². The summed E-state index contributed by atoms with van der Waals surface area (Å²) in [6.45, 7) is 9.28. The third kappa shape index (κ3) is 14.4. The van der Waals surface area contributed by atoms with Crippen LogP contribution in [-0.4, -0.2) is 140 Å². The number of imidazole rings is 1. The van der Waals surface area contributed by atoms with Gasteiger partial charge in [-0.05, 0) is 104 Å². The number of phosphoric acid groups is 3. The number of hydrogen-bond donors (Lipinski definition) is 10. The van der Waals surface area contributed by atoms with Gasteiger partial charge in [-0.25, -0.2) is 28.6 Å². The molecule has 438 valence electrons. The summed E-state index contributed by atoms with van der Waals surface area (Å²) in [7, 11) is -16.5. The fourth-order valence-electron chi connectivity index (χ4n) is 13.0. The Morgan fingerprint density at radius 3 is 2.38 bits per heavy atom. The zero-order chi connectivity index (χ0) is 57.3. The maximum atomic E-state index is 13.1. The number of aliphatic hydroxyl groups excluding tert-OH is 3. The van der Waals surface area contributed by atoms with Crippen molar-refractivity contribution in [1.29, 1.82) is 0 Å². The summed E-state index contributed by atoms with van der Waals surface area (Å²) in [5, 5.41) is 37.7. The highest BCUT2D eigenvalue weighted by molar-refractivity contribution is 8.13. The van der Waals surface area contributed by atoms with E-state index in [9.17, 15) is 67.8 Å². The van der Waals surface area contributed by atoms with E-state index in [1.807, 2.05) is 6.08 Å². The second-order valence-electron chi connectivity index (χ2n) is 22.8. The zero-order valence-corrected chi connectivity index (χ0v) is 48.1. The number of allylic oxidation sites excluding steroid dienone is 1. The van der Waals surface area contributed by atoms with Crippen molar-refractivity contribution in [1.82, 2.24) is 30.2 Å². The average molecular weight is 1180 g/mol. The fourth-order valence-corrected chi connectivity index (χ4v) is 16.6. The number of nitrogens with one attached hydrogen (secondary N) is 2. The highest BCUT2D eigenvalue weighted by Crippen LogP contribution is 2.68. The van der Waals surface area contributed by atoms with Crippen molar-refractivity contribution in [3.05, 3.63) is 24.3 Å². The van der Waals surface area contributed by atoms with Gasteiger partial charge in [0.15, 0.2) is 28.6 Å². The number of carbonyl (C=O) groups excluding carboxylic acids is 4. The van der Waals surface area contributed by atoms with Gasteiger partial charge in [-0.15, -0.1) is 0 Å². The number of carbonyl (C=O) groups is 4.